The average Bonchev–Trinajstić information content (AvgIpc) is 2.47. The summed E-state index contributed by atoms with van der Waals surface area (Å²) < 4.78 is 24.3. The van der Waals surface area contributed by atoms with Crippen molar-refractivity contribution in [3.8, 4) is 0 Å². The van der Waals surface area contributed by atoms with Crippen molar-refractivity contribution in [1.29, 1.82) is 0 Å². The first-order valence-electron chi connectivity index (χ1n) is 7.09. The number of rotatable bonds is 4. The number of carbonyl (C=O) groups excluding carboxylic acids is 1. The Morgan fingerprint density at radius 2 is 2.24 bits per heavy atom. The molecule has 1 aliphatic rings. The van der Waals surface area contributed by atoms with Crippen LogP contribution in [0.2, 0.25) is 0 Å². The second-order valence-electron chi connectivity index (χ2n) is 5.39. The quantitative estimate of drug-likeness (QED) is 0.919. The van der Waals surface area contributed by atoms with E-state index in [1.54, 1.807) is 0 Å². The monoisotopic (exact) mass is 298 g/mol. The summed E-state index contributed by atoms with van der Waals surface area (Å²) in [5.74, 6) is 0.155. The first-order chi connectivity index (χ1) is 9.97. The minimum absolute atomic E-state index is 0.277. The average molecular weight is 298 g/mol. The van der Waals surface area contributed by atoms with Crippen LogP contribution in [-0.4, -0.2) is 42.2 Å². The molecular formula is C14H20F2N4O. The van der Waals surface area contributed by atoms with Crippen LogP contribution in [0.4, 0.5) is 14.6 Å². The minimum Gasteiger partial charge on any atom is -0.354 e. The zero-order valence-corrected chi connectivity index (χ0v) is 12.3. The number of nitrogens with zero attached hydrogens (tertiary/aromatic N) is 3. The molecule has 1 aromatic heterocycles. The number of piperidine rings is 1. The predicted octanol–water partition coefficient (Wildman–Crippen LogP) is 1.69. The van der Waals surface area contributed by atoms with E-state index in [1.807, 2.05) is 24.8 Å². The third-order valence-corrected chi connectivity index (χ3v) is 3.77. The Morgan fingerprint density at radius 1 is 1.48 bits per heavy atom. The smallest absolute Gasteiger partial charge is 0.255 e. The maximum atomic E-state index is 12.1. The number of aryl methyl sites for hydroxylation is 2. The van der Waals surface area contributed by atoms with Gasteiger partial charge in [-0.2, -0.15) is 5.10 Å². The SMILES string of the molecule is Cc1cc(N2CCCC(C(=O)NCC(F)F)C2)nnc1C. The van der Waals surface area contributed by atoms with Gasteiger partial charge in [-0.3, -0.25) is 4.79 Å². The highest BCUT2D eigenvalue weighted by molar-refractivity contribution is 5.79. The second-order valence-corrected chi connectivity index (χ2v) is 5.39. The summed E-state index contributed by atoms with van der Waals surface area (Å²) >= 11 is 0. The van der Waals surface area contributed by atoms with E-state index in [4.69, 9.17) is 0 Å². The number of aromatic nitrogens is 2. The lowest BCUT2D eigenvalue weighted by molar-refractivity contribution is -0.125. The molecule has 0 bridgehead atoms. The lowest BCUT2D eigenvalue weighted by Crippen LogP contribution is -2.44. The fraction of sp³-hybridized carbons (Fsp3) is 0.643. The number of alkyl halides is 2. The number of anilines is 1. The van der Waals surface area contributed by atoms with Crippen molar-refractivity contribution in [2.75, 3.05) is 24.5 Å². The van der Waals surface area contributed by atoms with Crippen molar-refractivity contribution < 1.29 is 13.6 Å². The van der Waals surface area contributed by atoms with Crippen LogP contribution in [0.1, 0.15) is 24.1 Å². The zero-order valence-electron chi connectivity index (χ0n) is 12.3. The Bertz CT molecular complexity index is 510. The molecule has 0 aliphatic carbocycles. The number of hydrogen-bond donors (Lipinski definition) is 1. The number of halogens is 2. The summed E-state index contributed by atoms with van der Waals surface area (Å²) in [6.07, 6.45) is -0.968. The number of hydrogen-bond acceptors (Lipinski definition) is 4. The molecule has 2 rings (SSSR count). The van der Waals surface area contributed by atoms with E-state index in [0.29, 0.717) is 13.0 Å². The van der Waals surface area contributed by atoms with Crippen molar-refractivity contribution in [2.45, 2.75) is 33.1 Å². The summed E-state index contributed by atoms with van der Waals surface area (Å²) in [4.78, 5) is 13.9. The van der Waals surface area contributed by atoms with Gasteiger partial charge in [0.2, 0.25) is 5.91 Å². The van der Waals surface area contributed by atoms with E-state index >= 15 is 0 Å². The molecule has 2 heterocycles. The fourth-order valence-corrected chi connectivity index (χ4v) is 2.41. The van der Waals surface area contributed by atoms with Gasteiger partial charge in [0.05, 0.1) is 18.2 Å². The summed E-state index contributed by atoms with van der Waals surface area (Å²) in [6, 6.07) is 1.95. The third kappa shape index (κ3) is 4.09. The van der Waals surface area contributed by atoms with E-state index in [2.05, 4.69) is 15.5 Å². The van der Waals surface area contributed by atoms with Crippen LogP contribution < -0.4 is 10.2 Å². The van der Waals surface area contributed by atoms with Crippen LogP contribution in [0.3, 0.4) is 0 Å². The summed E-state index contributed by atoms with van der Waals surface area (Å²) in [5.41, 5.74) is 1.92. The minimum atomic E-state index is -2.51. The molecule has 0 aromatic carbocycles. The lowest BCUT2D eigenvalue weighted by atomic mass is 9.97. The van der Waals surface area contributed by atoms with Crippen molar-refractivity contribution in [3.05, 3.63) is 17.3 Å². The lowest BCUT2D eigenvalue weighted by Gasteiger charge is -2.32. The third-order valence-electron chi connectivity index (χ3n) is 3.77. The van der Waals surface area contributed by atoms with Gasteiger partial charge >= 0.3 is 0 Å². The Hall–Kier alpha value is -1.79. The highest BCUT2D eigenvalue weighted by Gasteiger charge is 2.27. The van der Waals surface area contributed by atoms with Gasteiger partial charge in [0.15, 0.2) is 5.82 Å². The first kappa shape index (κ1) is 15.6. The van der Waals surface area contributed by atoms with Crippen LogP contribution >= 0.6 is 0 Å². The maximum absolute atomic E-state index is 12.1. The van der Waals surface area contributed by atoms with E-state index < -0.39 is 13.0 Å². The van der Waals surface area contributed by atoms with Gasteiger partial charge < -0.3 is 10.2 Å². The van der Waals surface area contributed by atoms with Gasteiger partial charge in [-0.1, -0.05) is 0 Å². The maximum Gasteiger partial charge on any atom is 0.255 e. The highest BCUT2D eigenvalue weighted by atomic mass is 19.3. The van der Waals surface area contributed by atoms with E-state index in [9.17, 15) is 13.6 Å². The normalized spacial score (nSPS) is 18.9. The summed E-state index contributed by atoms with van der Waals surface area (Å²) in [7, 11) is 0. The molecule has 0 spiro atoms. The zero-order chi connectivity index (χ0) is 15.4. The first-order valence-corrected chi connectivity index (χ1v) is 7.09. The molecule has 0 saturated carbocycles. The molecule has 1 aliphatic heterocycles. The van der Waals surface area contributed by atoms with Gasteiger partial charge in [-0.25, -0.2) is 8.78 Å². The van der Waals surface area contributed by atoms with Crippen LogP contribution in [0, 0.1) is 19.8 Å². The molecule has 1 aromatic rings. The molecule has 21 heavy (non-hydrogen) atoms. The largest absolute Gasteiger partial charge is 0.354 e. The molecule has 1 atom stereocenters. The van der Waals surface area contributed by atoms with Crippen LogP contribution in [0.15, 0.2) is 6.07 Å². The Labute approximate surface area is 122 Å². The number of carbonyl (C=O) groups is 1. The van der Waals surface area contributed by atoms with E-state index in [1.165, 1.54) is 0 Å². The van der Waals surface area contributed by atoms with Gasteiger partial charge in [-0.05, 0) is 38.3 Å². The molecule has 1 saturated heterocycles. The number of amides is 1. The Morgan fingerprint density at radius 3 is 2.90 bits per heavy atom. The van der Waals surface area contributed by atoms with Crippen LogP contribution in [-0.2, 0) is 4.79 Å². The van der Waals surface area contributed by atoms with Crippen LogP contribution in [0.5, 0.6) is 0 Å². The van der Waals surface area contributed by atoms with Gasteiger partial charge in [0.1, 0.15) is 0 Å². The van der Waals surface area contributed by atoms with Gasteiger partial charge in [0.25, 0.3) is 6.43 Å². The predicted molar refractivity (Wildman–Crippen MR) is 75.5 cm³/mol. The second kappa shape index (κ2) is 6.78. The van der Waals surface area contributed by atoms with Crippen molar-refractivity contribution >= 4 is 11.7 Å². The van der Waals surface area contributed by atoms with Crippen molar-refractivity contribution in [3.63, 3.8) is 0 Å². The van der Waals surface area contributed by atoms with Crippen molar-refractivity contribution in [2.24, 2.45) is 5.92 Å². The van der Waals surface area contributed by atoms with Crippen LogP contribution in [0.25, 0.3) is 0 Å². The van der Waals surface area contributed by atoms with E-state index in [0.717, 1.165) is 30.0 Å². The van der Waals surface area contributed by atoms with Crippen molar-refractivity contribution in [1.82, 2.24) is 15.5 Å². The topological polar surface area (TPSA) is 58.1 Å². The standard InChI is InChI=1S/C14H20F2N4O/c1-9-6-13(19-18-10(9)2)20-5-3-4-11(8-20)14(21)17-7-12(15)16/h6,11-12H,3-5,7-8H2,1-2H3,(H,17,21). The fourth-order valence-electron chi connectivity index (χ4n) is 2.41. The van der Waals surface area contributed by atoms with Gasteiger partial charge in [-0.15, -0.1) is 5.10 Å². The van der Waals surface area contributed by atoms with Gasteiger partial charge in [0, 0.05) is 13.1 Å². The highest BCUT2D eigenvalue weighted by Crippen LogP contribution is 2.22. The summed E-state index contributed by atoms with van der Waals surface area (Å²) in [6.45, 7) is 4.56. The summed E-state index contributed by atoms with van der Waals surface area (Å²) in [5, 5.41) is 10.5. The molecule has 1 amide bonds. The molecular weight excluding hydrogens is 278 g/mol. The molecule has 7 heteroatoms. The molecule has 1 unspecified atom stereocenters. The molecule has 1 fully saturated rings. The molecule has 116 valence electrons. The number of nitrogens with one attached hydrogen (secondary N) is 1. The van der Waals surface area contributed by atoms with E-state index in [-0.39, 0.29) is 11.8 Å². The Balaban J connectivity index is 1.99. The molecule has 1 N–H and O–H groups in total. The molecule has 5 nitrogen and oxygen atoms in total. The Kier molecular flexibility index (Phi) is 5.03. The molecule has 0 radical (unpaired) electrons.